The van der Waals surface area contributed by atoms with Gasteiger partial charge in [-0.15, -0.1) is 0 Å². The van der Waals surface area contributed by atoms with Crippen molar-refractivity contribution in [1.29, 1.82) is 0 Å². The summed E-state index contributed by atoms with van der Waals surface area (Å²) in [5.41, 5.74) is 4.03. The van der Waals surface area contributed by atoms with Gasteiger partial charge in [0.1, 0.15) is 5.82 Å². The predicted molar refractivity (Wildman–Crippen MR) is 82.0 cm³/mol. The lowest BCUT2D eigenvalue weighted by Crippen LogP contribution is -2.48. The van der Waals surface area contributed by atoms with Crippen LogP contribution in [0.2, 0.25) is 5.02 Å². The largest absolute Gasteiger partial charge is 0.271 e. The second kappa shape index (κ2) is 6.42. The molecule has 3 N–H and O–H groups in total. The number of benzene rings is 1. The van der Waals surface area contributed by atoms with Gasteiger partial charge in [0.25, 0.3) is 0 Å². The molecular formula is C16H24ClFN2. The molecule has 2 nitrogen and oxygen atoms in total. The predicted octanol–water partition coefficient (Wildman–Crippen LogP) is 4.07. The number of nitrogens with one attached hydrogen (secondary N) is 1. The molecule has 0 radical (unpaired) electrons. The van der Waals surface area contributed by atoms with Crippen molar-refractivity contribution >= 4 is 11.6 Å². The molecule has 2 rings (SSSR count). The lowest BCUT2D eigenvalue weighted by atomic mass is 9.65. The van der Waals surface area contributed by atoms with E-state index in [-0.39, 0.29) is 17.3 Å². The van der Waals surface area contributed by atoms with Gasteiger partial charge in [0.05, 0.1) is 0 Å². The van der Waals surface area contributed by atoms with Crippen molar-refractivity contribution < 1.29 is 4.39 Å². The molecule has 0 bridgehead atoms. The van der Waals surface area contributed by atoms with Crippen LogP contribution in [0.3, 0.4) is 0 Å². The van der Waals surface area contributed by atoms with E-state index in [9.17, 15) is 4.39 Å². The van der Waals surface area contributed by atoms with Crippen LogP contribution in [0.15, 0.2) is 18.2 Å². The molecule has 1 aromatic rings. The van der Waals surface area contributed by atoms with Crippen LogP contribution in [0.4, 0.5) is 4.39 Å². The molecule has 4 heteroatoms. The number of nitrogens with two attached hydrogens (primary N) is 1. The second-order valence-corrected chi connectivity index (χ2v) is 6.96. The maximum Gasteiger partial charge on any atom is 0.123 e. The van der Waals surface area contributed by atoms with E-state index in [1.807, 2.05) is 0 Å². The first-order valence-electron chi connectivity index (χ1n) is 7.34. The normalized spacial score (nSPS) is 23.6. The number of hydrazine groups is 1. The average Bonchev–Trinajstić information content (AvgIpc) is 2.40. The molecule has 0 amide bonds. The van der Waals surface area contributed by atoms with Crippen LogP contribution in [-0.4, -0.2) is 6.04 Å². The molecule has 1 fully saturated rings. The standard InChI is InChI=1S/C16H24ClFN2/c1-16(2)8-4-3-5-13(16)15(20-19)10-11-9-12(18)6-7-14(11)17/h6-7,9,13,15,20H,3-5,8,10,19H2,1-2H3. The van der Waals surface area contributed by atoms with Crippen molar-refractivity contribution in [2.75, 3.05) is 0 Å². The van der Waals surface area contributed by atoms with E-state index in [0.29, 0.717) is 17.4 Å². The second-order valence-electron chi connectivity index (χ2n) is 6.55. The Morgan fingerprint density at radius 3 is 2.85 bits per heavy atom. The van der Waals surface area contributed by atoms with Crippen molar-refractivity contribution in [2.45, 2.75) is 52.0 Å². The highest BCUT2D eigenvalue weighted by molar-refractivity contribution is 6.31. The summed E-state index contributed by atoms with van der Waals surface area (Å²) in [5, 5.41) is 0.611. The van der Waals surface area contributed by atoms with Crippen molar-refractivity contribution in [1.82, 2.24) is 5.43 Å². The van der Waals surface area contributed by atoms with Gasteiger partial charge in [-0.3, -0.25) is 11.3 Å². The minimum Gasteiger partial charge on any atom is -0.271 e. The number of halogens is 2. The van der Waals surface area contributed by atoms with E-state index in [1.54, 1.807) is 6.07 Å². The third kappa shape index (κ3) is 3.51. The van der Waals surface area contributed by atoms with Gasteiger partial charge in [0.2, 0.25) is 0 Å². The van der Waals surface area contributed by atoms with Crippen molar-refractivity contribution in [3.8, 4) is 0 Å². The monoisotopic (exact) mass is 298 g/mol. The molecule has 112 valence electrons. The first kappa shape index (κ1) is 15.7. The van der Waals surface area contributed by atoms with Gasteiger partial charge in [-0.2, -0.15) is 0 Å². The van der Waals surface area contributed by atoms with E-state index in [4.69, 9.17) is 17.4 Å². The Labute approximate surface area is 125 Å². The molecule has 2 unspecified atom stereocenters. The van der Waals surface area contributed by atoms with E-state index in [0.717, 1.165) is 12.0 Å². The van der Waals surface area contributed by atoms with Crippen LogP contribution in [0.5, 0.6) is 0 Å². The summed E-state index contributed by atoms with van der Waals surface area (Å²) in [7, 11) is 0. The summed E-state index contributed by atoms with van der Waals surface area (Å²) in [4.78, 5) is 0. The number of hydrogen-bond acceptors (Lipinski definition) is 2. The molecule has 0 aromatic heterocycles. The summed E-state index contributed by atoms with van der Waals surface area (Å²) < 4.78 is 13.4. The Morgan fingerprint density at radius 1 is 1.45 bits per heavy atom. The van der Waals surface area contributed by atoms with E-state index in [1.165, 1.54) is 31.4 Å². The van der Waals surface area contributed by atoms with Crippen molar-refractivity contribution in [3.05, 3.63) is 34.6 Å². The van der Waals surface area contributed by atoms with Crippen LogP contribution < -0.4 is 11.3 Å². The molecule has 1 aromatic carbocycles. The molecule has 20 heavy (non-hydrogen) atoms. The molecular weight excluding hydrogens is 275 g/mol. The van der Waals surface area contributed by atoms with Crippen LogP contribution in [0.25, 0.3) is 0 Å². The number of rotatable bonds is 4. The molecule has 1 aliphatic rings. The summed E-state index contributed by atoms with van der Waals surface area (Å²) in [5.74, 6) is 6.01. The molecule has 0 spiro atoms. The summed E-state index contributed by atoms with van der Waals surface area (Å²) in [6, 6.07) is 4.65. The first-order chi connectivity index (χ1) is 9.44. The van der Waals surface area contributed by atoms with E-state index < -0.39 is 0 Å². The first-order valence-corrected chi connectivity index (χ1v) is 7.72. The van der Waals surface area contributed by atoms with Gasteiger partial charge in [0.15, 0.2) is 0 Å². The molecule has 0 heterocycles. The van der Waals surface area contributed by atoms with Crippen LogP contribution in [0.1, 0.15) is 45.1 Å². The fourth-order valence-electron chi connectivity index (χ4n) is 3.52. The SMILES string of the molecule is CC1(C)CCCCC1C(Cc1cc(F)ccc1Cl)NN. The maximum absolute atomic E-state index is 13.4. The fraction of sp³-hybridized carbons (Fsp3) is 0.625. The third-order valence-corrected chi connectivity index (χ3v) is 5.11. The summed E-state index contributed by atoms with van der Waals surface area (Å²) in [6.45, 7) is 4.60. The van der Waals surface area contributed by atoms with Crippen LogP contribution in [-0.2, 0) is 6.42 Å². The van der Waals surface area contributed by atoms with Gasteiger partial charge < -0.3 is 0 Å². The Kier molecular flexibility index (Phi) is 5.05. The Morgan fingerprint density at radius 2 is 2.20 bits per heavy atom. The van der Waals surface area contributed by atoms with Gasteiger partial charge in [-0.1, -0.05) is 38.3 Å². The number of hydrogen-bond donors (Lipinski definition) is 2. The summed E-state index contributed by atoms with van der Waals surface area (Å²) >= 11 is 6.17. The molecule has 0 aliphatic heterocycles. The lowest BCUT2D eigenvalue weighted by Gasteiger charge is -2.43. The quantitative estimate of drug-likeness (QED) is 0.649. The molecule has 0 saturated heterocycles. The van der Waals surface area contributed by atoms with Crippen LogP contribution >= 0.6 is 11.6 Å². The zero-order valence-electron chi connectivity index (χ0n) is 12.3. The summed E-state index contributed by atoms with van der Waals surface area (Å²) in [6.07, 6.45) is 5.56. The van der Waals surface area contributed by atoms with E-state index in [2.05, 4.69) is 19.3 Å². The smallest absolute Gasteiger partial charge is 0.123 e. The zero-order chi connectivity index (χ0) is 14.8. The Hall–Kier alpha value is -0.640. The molecule has 1 saturated carbocycles. The zero-order valence-corrected chi connectivity index (χ0v) is 13.0. The minimum absolute atomic E-state index is 0.129. The Bertz CT molecular complexity index is 462. The lowest BCUT2D eigenvalue weighted by molar-refractivity contribution is 0.0981. The third-order valence-electron chi connectivity index (χ3n) is 4.74. The minimum atomic E-state index is -0.247. The van der Waals surface area contributed by atoms with E-state index >= 15 is 0 Å². The van der Waals surface area contributed by atoms with Crippen LogP contribution in [0, 0.1) is 17.2 Å². The van der Waals surface area contributed by atoms with Crippen molar-refractivity contribution in [3.63, 3.8) is 0 Å². The highest BCUT2D eigenvalue weighted by atomic mass is 35.5. The maximum atomic E-state index is 13.4. The average molecular weight is 299 g/mol. The van der Waals surface area contributed by atoms with Crippen molar-refractivity contribution in [2.24, 2.45) is 17.2 Å². The Balaban J connectivity index is 2.18. The van der Waals surface area contributed by atoms with Gasteiger partial charge in [-0.05, 0) is 54.4 Å². The van der Waals surface area contributed by atoms with Gasteiger partial charge in [-0.25, -0.2) is 4.39 Å². The highest BCUT2D eigenvalue weighted by Crippen LogP contribution is 2.43. The van der Waals surface area contributed by atoms with Gasteiger partial charge >= 0.3 is 0 Å². The van der Waals surface area contributed by atoms with Gasteiger partial charge in [0, 0.05) is 11.1 Å². The molecule has 2 atom stereocenters. The molecule has 1 aliphatic carbocycles. The highest BCUT2D eigenvalue weighted by Gasteiger charge is 2.37. The fourth-order valence-corrected chi connectivity index (χ4v) is 3.72. The topological polar surface area (TPSA) is 38.0 Å².